The fraction of sp³-hybridized carbons (Fsp3) is 0.192. The van der Waals surface area contributed by atoms with Gasteiger partial charge in [0.1, 0.15) is 0 Å². The molecule has 3 aromatic rings. The SMILES string of the molecule is CC(C)(Cc1ccccc1)C(=O)OC1N=C(c2ccccc2)c2cc(Cl)ccc2N[14C]1=O. The summed E-state index contributed by atoms with van der Waals surface area (Å²) in [5.41, 5.74) is 2.71. The number of ether oxygens (including phenoxy) is 1. The summed E-state index contributed by atoms with van der Waals surface area (Å²) in [5, 5.41) is 3.33. The predicted octanol–water partition coefficient (Wildman–Crippen LogP) is 5.27. The molecule has 162 valence electrons. The highest BCUT2D eigenvalue weighted by Gasteiger charge is 2.35. The lowest BCUT2D eigenvalue weighted by atomic mass is 9.86. The Morgan fingerprint density at radius 1 is 1.06 bits per heavy atom. The molecule has 1 heterocycles. The maximum Gasteiger partial charge on any atom is 0.314 e. The van der Waals surface area contributed by atoms with E-state index in [4.69, 9.17) is 16.3 Å². The first kappa shape index (κ1) is 21.8. The number of anilines is 1. The molecule has 1 atom stereocenters. The number of carbonyl (C=O) groups is 2. The van der Waals surface area contributed by atoms with Gasteiger partial charge in [-0.15, -0.1) is 0 Å². The molecule has 0 aromatic heterocycles. The Bertz CT molecular complexity index is 1170. The molecule has 0 fully saturated rings. The van der Waals surface area contributed by atoms with Crippen molar-refractivity contribution in [3.63, 3.8) is 0 Å². The second-order valence-electron chi connectivity index (χ2n) is 8.33. The highest BCUT2D eigenvalue weighted by molar-refractivity contribution is 6.32. The third kappa shape index (κ3) is 4.73. The van der Waals surface area contributed by atoms with Crippen LogP contribution >= 0.6 is 11.6 Å². The number of fused-ring (bicyclic) bond motifs is 1. The van der Waals surface area contributed by atoms with E-state index in [0.29, 0.717) is 28.4 Å². The lowest BCUT2D eigenvalue weighted by Gasteiger charge is -2.24. The van der Waals surface area contributed by atoms with E-state index >= 15 is 0 Å². The molecule has 1 N–H and O–H groups in total. The minimum atomic E-state index is -1.32. The third-order valence-electron chi connectivity index (χ3n) is 5.27. The Balaban J connectivity index is 1.67. The summed E-state index contributed by atoms with van der Waals surface area (Å²) in [6.07, 6.45) is -0.842. The number of halogens is 1. The normalized spacial score (nSPS) is 15.8. The highest BCUT2D eigenvalue weighted by atomic mass is 35.5. The minimum Gasteiger partial charge on any atom is -0.430 e. The van der Waals surface area contributed by atoms with Crippen LogP contribution < -0.4 is 5.32 Å². The van der Waals surface area contributed by atoms with Gasteiger partial charge in [0.2, 0.25) is 0 Å². The first-order chi connectivity index (χ1) is 15.3. The molecule has 5 nitrogen and oxygen atoms in total. The van der Waals surface area contributed by atoms with Crippen LogP contribution in [0.3, 0.4) is 0 Å². The maximum atomic E-state index is 13.1. The monoisotopic (exact) mass is 448 g/mol. The molecule has 32 heavy (non-hydrogen) atoms. The summed E-state index contributed by atoms with van der Waals surface area (Å²) in [6, 6.07) is 24.3. The van der Waals surface area contributed by atoms with Crippen molar-refractivity contribution in [2.45, 2.75) is 26.5 Å². The molecular weight excluding hydrogens is 426 g/mol. The van der Waals surface area contributed by atoms with E-state index in [-0.39, 0.29) is 0 Å². The number of hydrogen-bond donors (Lipinski definition) is 1. The molecule has 3 aromatic carbocycles. The van der Waals surface area contributed by atoms with Crippen molar-refractivity contribution in [1.29, 1.82) is 0 Å². The molecule has 1 aliphatic rings. The highest BCUT2D eigenvalue weighted by Crippen LogP contribution is 2.29. The molecule has 1 amide bonds. The first-order valence-electron chi connectivity index (χ1n) is 10.3. The lowest BCUT2D eigenvalue weighted by molar-refractivity contribution is -0.162. The zero-order valence-electron chi connectivity index (χ0n) is 17.8. The standard InChI is InChI=1S/C26H23ClN2O3/c1-26(2,16-17-9-5-3-6-10-17)25(31)32-24-23(30)28-21-14-13-19(27)15-20(21)22(29-24)18-11-7-4-8-12-18/h3-15,24H,16H2,1-2H3,(H,28,30)/i23+2. The van der Waals surface area contributed by atoms with Crippen LogP contribution in [0.15, 0.2) is 83.9 Å². The number of nitrogens with zero attached hydrogens (tertiary/aromatic N) is 1. The van der Waals surface area contributed by atoms with Gasteiger partial charge in [-0.1, -0.05) is 72.3 Å². The van der Waals surface area contributed by atoms with Crippen LogP contribution in [0, 0.1) is 5.41 Å². The molecule has 0 saturated heterocycles. The third-order valence-corrected chi connectivity index (χ3v) is 5.51. The topological polar surface area (TPSA) is 67.8 Å². The van der Waals surface area contributed by atoms with Crippen LogP contribution in [0.2, 0.25) is 5.02 Å². The van der Waals surface area contributed by atoms with Crippen molar-refractivity contribution in [3.05, 3.63) is 101 Å². The van der Waals surface area contributed by atoms with Gasteiger partial charge in [0, 0.05) is 16.1 Å². The number of aliphatic imine (C=N–C) groups is 1. The second kappa shape index (κ2) is 8.97. The Morgan fingerprint density at radius 2 is 1.72 bits per heavy atom. The number of benzene rings is 3. The molecule has 0 bridgehead atoms. The number of carbonyl (C=O) groups excluding carboxylic acids is 2. The number of rotatable bonds is 5. The van der Waals surface area contributed by atoms with Crippen molar-refractivity contribution in [3.8, 4) is 0 Å². The van der Waals surface area contributed by atoms with Crippen LogP contribution in [0.1, 0.15) is 30.5 Å². The fourth-order valence-electron chi connectivity index (χ4n) is 3.61. The molecule has 4 rings (SSSR count). The van der Waals surface area contributed by atoms with Gasteiger partial charge >= 0.3 is 5.97 Å². The van der Waals surface area contributed by atoms with Crippen molar-refractivity contribution < 1.29 is 14.3 Å². The van der Waals surface area contributed by atoms with Crippen molar-refractivity contribution in [2.24, 2.45) is 10.4 Å². The van der Waals surface area contributed by atoms with Crippen LogP contribution in [0.4, 0.5) is 5.69 Å². The summed E-state index contributed by atoms with van der Waals surface area (Å²) < 4.78 is 5.66. The quantitative estimate of drug-likeness (QED) is 0.541. The summed E-state index contributed by atoms with van der Waals surface area (Å²) in [6.45, 7) is 3.60. The van der Waals surface area contributed by atoms with E-state index in [0.717, 1.165) is 11.1 Å². The number of nitrogens with one attached hydrogen (secondary N) is 1. The number of esters is 1. The van der Waals surface area contributed by atoms with Crippen LogP contribution in [0.5, 0.6) is 0 Å². The Hall–Kier alpha value is -3.44. The molecule has 0 spiro atoms. The van der Waals surface area contributed by atoms with Crippen LogP contribution in [-0.2, 0) is 20.7 Å². The number of benzodiazepines with no additional fused rings is 1. The Labute approximate surface area is 192 Å². The van der Waals surface area contributed by atoms with E-state index in [1.165, 1.54) is 0 Å². The fourth-order valence-corrected chi connectivity index (χ4v) is 3.78. The second-order valence-corrected chi connectivity index (χ2v) is 8.76. The number of amides is 1. The van der Waals surface area contributed by atoms with Gasteiger partial charge < -0.3 is 10.1 Å². The van der Waals surface area contributed by atoms with E-state index in [9.17, 15) is 9.59 Å². The number of hydrogen-bond acceptors (Lipinski definition) is 4. The molecule has 1 unspecified atom stereocenters. The van der Waals surface area contributed by atoms with Crippen LogP contribution in [-0.4, -0.2) is 23.8 Å². The van der Waals surface area contributed by atoms with Crippen molar-refractivity contribution in [2.75, 3.05) is 5.32 Å². The summed E-state index contributed by atoms with van der Waals surface area (Å²) in [7, 11) is 0. The summed E-state index contributed by atoms with van der Waals surface area (Å²) >= 11 is 6.22. The molecule has 0 radical (unpaired) electrons. The summed E-state index contributed by atoms with van der Waals surface area (Å²) in [4.78, 5) is 30.6. The predicted molar refractivity (Wildman–Crippen MR) is 126 cm³/mol. The minimum absolute atomic E-state index is 0.478. The lowest BCUT2D eigenvalue weighted by Crippen LogP contribution is -2.37. The van der Waals surface area contributed by atoms with E-state index in [2.05, 4.69) is 10.3 Å². The first-order valence-corrected chi connectivity index (χ1v) is 10.7. The average molecular weight is 449 g/mol. The zero-order valence-corrected chi connectivity index (χ0v) is 18.6. The average Bonchev–Trinajstić information content (AvgIpc) is 2.91. The summed E-state index contributed by atoms with van der Waals surface area (Å²) in [5.74, 6) is -1.01. The zero-order chi connectivity index (χ0) is 22.7. The van der Waals surface area contributed by atoms with Gasteiger partial charge in [-0.05, 0) is 44.0 Å². The molecular formula is C26H23ClN2O3. The Kier molecular flexibility index (Phi) is 6.10. The van der Waals surface area contributed by atoms with Crippen LogP contribution in [0.25, 0.3) is 0 Å². The van der Waals surface area contributed by atoms with Gasteiger partial charge in [-0.3, -0.25) is 9.59 Å². The molecule has 0 aliphatic carbocycles. The molecule has 6 heteroatoms. The van der Waals surface area contributed by atoms with Gasteiger partial charge in [0.05, 0.1) is 16.8 Å². The van der Waals surface area contributed by atoms with Gasteiger partial charge in [0.15, 0.2) is 0 Å². The van der Waals surface area contributed by atoms with E-state index in [1.54, 1.807) is 32.0 Å². The Morgan fingerprint density at radius 3 is 2.41 bits per heavy atom. The van der Waals surface area contributed by atoms with E-state index in [1.807, 2.05) is 60.7 Å². The smallest absolute Gasteiger partial charge is 0.314 e. The van der Waals surface area contributed by atoms with Gasteiger partial charge in [0.25, 0.3) is 12.1 Å². The molecule has 0 saturated carbocycles. The largest absolute Gasteiger partial charge is 0.430 e. The van der Waals surface area contributed by atoms with Gasteiger partial charge in [-0.2, -0.15) is 0 Å². The van der Waals surface area contributed by atoms with Gasteiger partial charge in [-0.25, -0.2) is 4.99 Å². The molecule has 1 aliphatic heterocycles. The van der Waals surface area contributed by atoms with Crippen molar-refractivity contribution in [1.82, 2.24) is 0 Å². The van der Waals surface area contributed by atoms with Crippen molar-refractivity contribution >= 4 is 34.9 Å². The van der Waals surface area contributed by atoms with E-state index < -0.39 is 23.5 Å². The maximum absolute atomic E-state index is 13.1.